The number of aromatic nitrogens is 1. The third-order valence-electron chi connectivity index (χ3n) is 3.60. The van der Waals surface area contributed by atoms with Crippen LogP contribution in [0, 0.1) is 5.92 Å². The third-order valence-corrected chi connectivity index (χ3v) is 4.06. The number of aromatic amines is 1. The first-order valence-electron chi connectivity index (χ1n) is 6.53. The summed E-state index contributed by atoms with van der Waals surface area (Å²) in [5, 5.41) is 3.01. The molecule has 5 heteroatoms. The molecule has 1 fully saturated rings. The van der Waals surface area contributed by atoms with Crippen molar-refractivity contribution in [1.29, 1.82) is 0 Å². The fourth-order valence-corrected chi connectivity index (χ4v) is 2.68. The Balaban J connectivity index is 1.74. The van der Waals surface area contributed by atoms with Crippen LogP contribution in [0.5, 0.6) is 0 Å². The number of halogens is 1. The SMILES string of the molecule is CCN1CCC(CNC(=O)c2cc(Br)c[nH]2)CC1. The molecule has 2 N–H and O–H groups in total. The number of carbonyl (C=O) groups excluding carboxylic acids is 1. The van der Waals surface area contributed by atoms with Crippen molar-refractivity contribution in [3.05, 3.63) is 22.4 Å². The predicted molar refractivity (Wildman–Crippen MR) is 75.7 cm³/mol. The molecule has 100 valence electrons. The van der Waals surface area contributed by atoms with Crippen LogP contribution in [-0.4, -0.2) is 42.0 Å². The Morgan fingerprint density at radius 2 is 2.28 bits per heavy atom. The predicted octanol–water partition coefficient (Wildman–Crippen LogP) is 2.24. The van der Waals surface area contributed by atoms with Crippen molar-refractivity contribution in [3.63, 3.8) is 0 Å². The van der Waals surface area contributed by atoms with Crippen LogP contribution in [-0.2, 0) is 0 Å². The number of piperidine rings is 1. The molecule has 1 aromatic heterocycles. The van der Waals surface area contributed by atoms with E-state index in [9.17, 15) is 4.79 Å². The van der Waals surface area contributed by atoms with Gasteiger partial charge >= 0.3 is 0 Å². The summed E-state index contributed by atoms with van der Waals surface area (Å²) >= 11 is 3.33. The molecule has 0 aliphatic carbocycles. The van der Waals surface area contributed by atoms with Crippen LogP contribution < -0.4 is 5.32 Å². The maximum Gasteiger partial charge on any atom is 0.267 e. The van der Waals surface area contributed by atoms with Crippen LogP contribution >= 0.6 is 15.9 Å². The normalized spacial score (nSPS) is 17.9. The molecular formula is C13H20BrN3O. The van der Waals surface area contributed by atoms with Crippen molar-refractivity contribution in [1.82, 2.24) is 15.2 Å². The summed E-state index contributed by atoms with van der Waals surface area (Å²) in [7, 11) is 0. The molecule has 2 heterocycles. The van der Waals surface area contributed by atoms with Crippen molar-refractivity contribution in [2.75, 3.05) is 26.2 Å². The summed E-state index contributed by atoms with van der Waals surface area (Å²) in [4.78, 5) is 17.2. The Morgan fingerprint density at radius 1 is 1.56 bits per heavy atom. The van der Waals surface area contributed by atoms with Gasteiger partial charge in [-0.15, -0.1) is 0 Å². The zero-order valence-electron chi connectivity index (χ0n) is 10.7. The summed E-state index contributed by atoms with van der Waals surface area (Å²) in [6, 6.07) is 1.80. The van der Waals surface area contributed by atoms with Gasteiger partial charge in [0.25, 0.3) is 5.91 Å². The largest absolute Gasteiger partial charge is 0.356 e. The van der Waals surface area contributed by atoms with E-state index in [0.29, 0.717) is 11.6 Å². The highest BCUT2D eigenvalue weighted by atomic mass is 79.9. The first kappa shape index (κ1) is 13.6. The zero-order chi connectivity index (χ0) is 13.0. The van der Waals surface area contributed by atoms with E-state index in [1.54, 1.807) is 12.3 Å². The fourth-order valence-electron chi connectivity index (χ4n) is 2.34. The van der Waals surface area contributed by atoms with Gasteiger partial charge in [0.15, 0.2) is 0 Å². The lowest BCUT2D eigenvalue weighted by molar-refractivity contribution is 0.0932. The summed E-state index contributed by atoms with van der Waals surface area (Å²) in [5.74, 6) is 0.605. The first-order valence-corrected chi connectivity index (χ1v) is 7.32. The maximum absolute atomic E-state index is 11.8. The zero-order valence-corrected chi connectivity index (χ0v) is 12.3. The Kier molecular flexibility index (Phi) is 4.83. The van der Waals surface area contributed by atoms with Gasteiger partial charge < -0.3 is 15.2 Å². The second-order valence-corrected chi connectivity index (χ2v) is 5.73. The van der Waals surface area contributed by atoms with Gasteiger partial charge in [-0.05, 0) is 60.4 Å². The molecule has 1 aliphatic heterocycles. The monoisotopic (exact) mass is 313 g/mol. The number of H-pyrrole nitrogens is 1. The van der Waals surface area contributed by atoms with E-state index in [1.807, 2.05) is 0 Å². The molecule has 2 rings (SSSR count). The summed E-state index contributed by atoms with van der Waals surface area (Å²) in [5.41, 5.74) is 0.618. The van der Waals surface area contributed by atoms with Crippen molar-refractivity contribution in [3.8, 4) is 0 Å². The van der Waals surface area contributed by atoms with Crippen LogP contribution in [0.1, 0.15) is 30.3 Å². The molecule has 1 amide bonds. The van der Waals surface area contributed by atoms with Crippen molar-refractivity contribution >= 4 is 21.8 Å². The number of nitrogens with zero attached hydrogens (tertiary/aromatic N) is 1. The smallest absolute Gasteiger partial charge is 0.267 e. The molecule has 0 atom stereocenters. The molecule has 0 radical (unpaired) electrons. The molecule has 0 spiro atoms. The van der Waals surface area contributed by atoms with Gasteiger partial charge in [-0.1, -0.05) is 6.92 Å². The second-order valence-electron chi connectivity index (χ2n) is 4.82. The molecule has 0 saturated carbocycles. The van der Waals surface area contributed by atoms with E-state index < -0.39 is 0 Å². The Labute approximate surface area is 116 Å². The van der Waals surface area contributed by atoms with Crippen molar-refractivity contribution < 1.29 is 4.79 Å². The quantitative estimate of drug-likeness (QED) is 0.895. The molecule has 1 aliphatic rings. The molecular weight excluding hydrogens is 294 g/mol. The second kappa shape index (κ2) is 6.38. The maximum atomic E-state index is 11.8. The van der Waals surface area contributed by atoms with Crippen LogP contribution in [0.25, 0.3) is 0 Å². The Bertz CT molecular complexity index is 397. The van der Waals surface area contributed by atoms with Crippen LogP contribution in [0.2, 0.25) is 0 Å². The highest BCUT2D eigenvalue weighted by molar-refractivity contribution is 9.10. The van der Waals surface area contributed by atoms with E-state index in [4.69, 9.17) is 0 Å². The lowest BCUT2D eigenvalue weighted by atomic mass is 9.97. The van der Waals surface area contributed by atoms with Gasteiger partial charge in [0, 0.05) is 17.2 Å². The number of hydrogen-bond donors (Lipinski definition) is 2. The van der Waals surface area contributed by atoms with Gasteiger partial charge in [-0.3, -0.25) is 4.79 Å². The molecule has 0 bridgehead atoms. The molecule has 1 saturated heterocycles. The van der Waals surface area contributed by atoms with Gasteiger partial charge in [0.2, 0.25) is 0 Å². The van der Waals surface area contributed by atoms with Crippen LogP contribution in [0.15, 0.2) is 16.7 Å². The number of carbonyl (C=O) groups is 1. The topological polar surface area (TPSA) is 48.1 Å². The standard InChI is InChI=1S/C13H20BrN3O/c1-2-17-5-3-10(4-6-17)8-16-13(18)12-7-11(14)9-15-12/h7,9-10,15H,2-6,8H2,1H3,(H,16,18). The van der Waals surface area contributed by atoms with E-state index >= 15 is 0 Å². The lowest BCUT2D eigenvalue weighted by Gasteiger charge is -2.30. The number of rotatable bonds is 4. The van der Waals surface area contributed by atoms with E-state index in [-0.39, 0.29) is 5.91 Å². The van der Waals surface area contributed by atoms with E-state index in [0.717, 1.165) is 30.7 Å². The number of hydrogen-bond acceptors (Lipinski definition) is 2. The molecule has 1 aromatic rings. The number of amides is 1. The Morgan fingerprint density at radius 3 is 2.83 bits per heavy atom. The van der Waals surface area contributed by atoms with Gasteiger partial charge in [-0.25, -0.2) is 0 Å². The molecule has 4 nitrogen and oxygen atoms in total. The van der Waals surface area contributed by atoms with Crippen LogP contribution in [0.3, 0.4) is 0 Å². The number of nitrogens with one attached hydrogen (secondary N) is 2. The lowest BCUT2D eigenvalue weighted by Crippen LogP contribution is -2.38. The summed E-state index contributed by atoms with van der Waals surface area (Å²) in [6.07, 6.45) is 4.14. The molecule has 0 unspecified atom stereocenters. The highest BCUT2D eigenvalue weighted by Gasteiger charge is 2.18. The summed E-state index contributed by atoms with van der Waals surface area (Å²) < 4.78 is 0.906. The highest BCUT2D eigenvalue weighted by Crippen LogP contribution is 2.16. The minimum atomic E-state index is -0.0152. The van der Waals surface area contributed by atoms with Crippen molar-refractivity contribution in [2.24, 2.45) is 5.92 Å². The minimum absolute atomic E-state index is 0.0152. The van der Waals surface area contributed by atoms with Crippen LogP contribution in [0.4, 0.5) is 0 Å². The Hall–Kier alpha value is -0.810. The summed E-state index contributed by atoms with van der Waals surface area (Å²) in [6.45, 7) is 6.43. The average molecular weight is 314 g/mol. The number of likely N-dealkylation sites (tertiary alicyclic amines) is 1. The molecule has 18 heavy (non-hydrogen) atoms. The minimum Gasteiger partial charge on any atom is -0.356 e. The third kappa shape index (κ3) is 3.59. The molecule has 0 aromatic carbocycles. The van der Waals surface area contributed by atoms with E-state index in [1.165, 1.54) is 12.8 Å². The van der Waals surface area contributed by atoms with Gasteiger partial charge in [-0.2, -0.15) is 0 Å². The van der Waals surface area contributed by atoms with Gasteiger partial charge in [0.05, 0.1) is 0 Å². The first-order chi connectivity index (χ1) is 8.69. The van der Waals surface area contributed by atoms with Gasteiger partial charge in [0.1, 0.15) is 5.69 Å². The average Bonchev–Trinajstić information content (AvgIpc) is 2.83. The fraction of sp³-hybridized carbons (Fsp3) is 0.615. The van der Waals surface area contributed by atoms with E-state index in [2.05, 4.69) is 38.1 Å². The van der Waals surface area contributed by atoms with Crippen molar-refractivity contribution in [2.45, 2.75) is 19.8 Å².